The van der Waals surface area contributed by atoms with Crippen LogP contribution in [0.15, 0.2) is 12.7 Å². The zero-order valence-corrected chi connectivity index (χ0v) is 13.9. The molecule has 8 nitrogen and oxygen atoms in total. The van der Waals surface area contributed by atoms with Gasteiger partial charge < -0.3 is 18.9 Å². The second kappa shape index (κ2) is 10.0. The molecule has 132 valence electrons. The highest BCUT2D eigenvalue weighted by molar-refractivity contribution is 5.69. The molecular formula is C16H20O8. The van der Waals surface area contributed by atoms with Crippen molar-refractivity contribution >= 4 is 23.9 Å². The van der Waals surface area contributed by atoms with Crippen molar-refractivity contribution in [3.63, 3.8) is 0 Å². The highest BCUT2D eigenvalue weighted by atomic mass is 16.6. The van der Waals surface area contributed by atoms with Gasteiger partial charge >= 0.3 is 23.9 Å². The fourth-order valence-electron chi connectivity index (χ4n) is 1.82. The molecule has 0 aromatic carbocycles. The summed E-state index contributed by atoms with van der Waals surface area (Å²) in [6, 6.07) is 0. The lowest BCUT2D eigenvalue weighted by Gasteiger charge is -2.32. The van der Waals surface area contributed by atoms with E-state index in [1.54, 1.807) is 0 Å². The van der Waals surface area contributed by atoms with E-state index in [0.29, 0.717) is 0 Å². The molecule has 0 aliphatic carbocycles. The van der Waals surface area contributed by atoms with Gasteiger partial charge in [0.2, 0.25) is 6.10 Å². The number of rotatable bonds is 8. The Hall–Kier alpha value is -2.82. The van der Waals surface area contributed by atoms with E-state index in [2.05, 4.69) is 12.5 Å². The van der Waals surface area contributed by atoms with Crippen molar-refractivity contribution in [1.29, 1.82) is 0 Å². The summed E-state index contributed by atoms with van der Waals surface area (Å²) in [7, 11) is 0. The Kier molecular flexibility index (Phi) is 8.87. The Morgan fingerprint density at radius 3 is 1.58 bits per heavy atom. The molecule has 24 heavy (non-hydrogen) atoms. The lowest BCUT2D eigenvalue weighted by molar-refractivity contribution is -0.190. The van der Waals surface area contributed by atoms with Gasteiger partial charge in [0.1, 0.15) is 0 Å². The van der Waals surface area contributed by atoms with Crippen molar-refractivity contribution in [2.24, 2.45) is 0 Å². The molecular weight excluding hydrogens is 320 g/mol. The fourth-order valence-corrected chi connectivity index (χ4v) is 1.82. The highest BCUT2D eigenvalue weighted by Gasteiger charge is 2.41. The average molecular weight is 340 g/mol. The van der Waals surface area contributed by atoms with Crippen molar-refractivity contribution in [3.8, 4) is 12.3 Å². The van der Waals surface area contributed by atoms with Gasteiger partial charge in [0.05, 0.1) is 0 Å². The van der Waals surface area contributed by atoms with Crippen molar-refractivity contribution in [2.45, 2.75) is 52.1 Å². The molecule has 0 spiro atoms. The molecule has 0 fully saturated rings. The Balaban J connectivity index is 5.85. The summed E-state index contributed by atoms with van der Waals surface area (Å²) in [5, 5.41) is 0. The van der Waals surface area contributed by atoms with Crippen LogP contribution < -0.4 is 0 Å². The summed E-state index contributed by atoms with van der Waals surface area (Å²) in [6.07, 6.45) is 1.19. The van der Waals surface area contributed by atoms with Gasteiger partial charge in [-0.3, -0.25) is 19.2 Å². The van der Waals surface area contributed by atoms with Gasteiger partial charge in [0, 0.05) is 27.7 Å². The molecule has 0 heterocycles. The topological polar surface area (TPSA) is 105 Å². The van der Waals surface area contributed by atoms with E-state index in [4.69, 9.17) is 25.4 Å². The van der Waals surface area contributed by atoms with Crippen LogP contribution in [0.25, 0.3) is 0 Å². The van der Waals surface area contributed by atoms with Crippen LogP contribution in [-0.2, 0) is 38.1 Å². The van der Waals surface area contributed by atoms with Crippen LogP contribution >= 0.6 is 0 Å². The molecule has 0 N–H and O–H groups in total. The molecule has 0 bridgehead atoms. The van der Waals surface area contributed by atoms with E-state index in [1.807, 2.05) is 0 Å². The van der Waals surface area contributed by atoms with Crippen molar-refractivity contribution in [1.82, 2.24) is 0 Å². The average Bonchev–Trinajstić information content (AvgIpc) is 2.45. The SMILES string of the molecule is C#C[C@H](OC(C)=O)[C@@H](OC(C)=O)[C@H](OC(C)=O)[C@@H](C=C)OC(C)=O. The molecule has 0 rings (SSSR count). The third-order valence-electron chi connectivity index (χ3n) is 2.54. The van der Waals surface area contributed by atoms with Crippen molar-refractivity contribution < 1.29 is 38.1 Å². The quantitative estimate of drug-likeness (QED) is 0.273. The van der Waals surface area contributed by atoms with Crippen LogP contribution in [0.4, 0.5) is 0 Å². The Labute approximate surface area is 140 Å². The summed E-state index contributed by atoms with van der Waals surface area (Å²) in [6.45, 7) is 7.91. The Morgan fingerprint density at radius 1 is 0.833 bits per heavy atom. The van der Waals surface area contributed by atoms with Gasteiger partial charge in [-0.15, -0.1) is 6.42 Å². The van der Waals surface area contributed by atoms with Gasteiger partial charge in [-0.2, -0.15) is 0 Å². The number of terminal acetylenes is 1. The van der Waals surface area contributed by atoms with E-state index in [0.717, 1.165) is 27.7 Å². The standard InChI is InChI=1S/C16H20O8/c1-7-13(21-9(3)17)15(23-11(5)19)16(24-12(6)20)14(8-2)22-10(4)18/h1,8,13-16H,2H2,3-6H3/t13-,14+,15+,16+/m0/s1. The minimum absolute atomic E-state index is 0.691. The van der Waals surface area contributed by atoms with E-state index in [9.17, 15) is 19.2 Å². The molecule has 0 amide bonds. The maximum absolute atomic E-state index is 11.4. The summed E-state index contributed by atoms with van der Waals surface area (Å²) < 4.78 is 20.0. The number of hydrogen-bond donors (Lipinski definition) is 0. The summed E-state index contributed by atoms with van der Waals surface area (Å²) >= 11 is 0. The first-order chi connectivity index (χ1) is 11.1. The van der Waals surface area contributed by atoms with Gasteiger partial charge in [-0.05, 0) is 6.08 Å². The predicted molar refractivity (Wildman–Crippen MR) is 81.2 cm³/mol. The van der Waals surface area contributed by atoms with Crippen LogP contribution in [-0.4, -0.2) is 48.3 Å². The molecule has 0 unspecified atom stereocenters. The number of carbonyl (C=O) groups excluding carboxylic acids is 4. The minimum atomic E-state index is -1.40. The number of hydrogen-bond acceptors (Lipinski definition) is 8. The molecule has 0 saturated carbocycles. The van der Waals surface area contributed by atoms with Gasteiger partial charge in [-0.25, -0.2) is 0 Å². The second-order valence-electron chi connectivity index (χ2n) is 4.65. The van der Waals surface area contributed by atoms with Crippen molar-refractivity contribution in [3.05, 3.63) is 12.7 Å². The van der Waals surface area contributed by atoms with E-state index < -0.39 is 48.3 Å². The van der Waals surface area contributed by atoms with E-state index in [1.165, 1.54) is 6.08 Å². The van der Waals surface area contributed by atoms with Crippen LogP contribution in [0, 0.1) is 12.3 Å². The van der Waals surface area contributed by atoms with E-state index in [-0.39, 0.29) is 0 Å². The van der Waals surface area contributed by atoms with E-state index >= 15 is 0 Å². The Morgan fingerprint density at radius 2 is 1.25 bits per heavy atom. The molecule has 0 saturated heterocycles. The predicted octanol–water partition coefficient (Wildman–Crippen LogP) is 0.532. The first kappa shape index (κ1) is 21.2. The van der Waals surface area contributed by atoms with Gasteiger partial charge in [0.15, 0.2) is 18.3 Å². The minimum Gasteiger partial charge on any atom is -0.454 e. The van der Waals surface area contributed by atoms with Gasteiger partial charge in [0.25, 0.3) is 0 Å². The molecule has 0 aliphatic heterocycles. The zero-order valence-electron chi connectivity index (χ0n) is 13.9. The smallest absolute Gasteiger partial charge is 0.304 e. The number of ether oxygens (including phenoxy) is 4. The summed E-state index contributed by atoms with van der Waals surface area (Å²) in [5.74, 6) is -0.813. The van der Waals surface area contributed by atoms with Crippen LogP contribution in [0.3, 0.4) is 0 Å². The maximum Gasteiger partial charge on any atom is 0.304 e. The van der Waals surface area contributed by atoms with Crippen molar-refractivity contribution in [2.75, 3.05) is 0 Å². The molecule has 8 heteroatoms. The number of carbonyl (C=O) groups is 4. The monoisotopic (exact) mass is 340 g/mol. The lowest BCUT2D eigenvalue weighted by atomic mass is 10.0. The fraction of sp³-hybridized carbons (Fsp3) is 0.500. The molecule has 4 atom stereocenters. The first-order valence-electron chi connectivity index (χ1n) is 6.89. The molecule has 0 aromatic rings. The third-order valence-corrected chi connectivity index (χ3v) is 2.54. The van der Waals surface area contributed by atoms with Crippen LogP contribution in [0.2, 0.25) is 0 Å². The number of esters is 4. The second-order valence-corrected chi connectivity index (χ2v) is 4.65. The lowest BCUT2D eigenvalue weighted by Crippen LogP contribution is -2.50. The Bertz CT molecular complexity index is 545. The molecule has 0 radical (unpaired) electrons. The van der Waals surface area contributed by atoms with Crippen LogP contribution in [0.5, 0.6) is 0 Å². The summed E-state index contributed by atoms with van der Waals surface area (Å²) in [5.41, 5.74) is 0. The summed E-state index contributed by atoms with van der Waals surface area (Å²) in [4.78, 5) is 45.2. The third kappa shape index (κ3) is 7.45. The maximum atomic E-state index is 11.4. The largest absolute Gasteiger partial charge is 0.454 e. The highest BCUT2D eigenvalue weighted by Crippen LogP contribution is 2.19. The molecule has 0 aliphatic rings. The van der Waals surface area contributed by atoms with Crippen LogP contribution in [0.1, 0.15) is 27.7 Å². The van der Waals surface area contributed by atoms with Gasteiger partial charge in [-0.1, -0.05) is 12.5 Å². The normalized spacial score (nSPS) is 14.8. The zero-order chi connectivity index (χ0) is 18.9. The first-order valence-corrected chi connectivity index (χ1v) is 6.89. The molecule has 0 aromatic heterocycles.